The molecule has 0 aliphatic heterocycles. The van der Waals surface area contributed by atoms with Gasteiger partial charge in [-0.2, -0.15) is 0 Å². The van der Waals surface area contributed by atoms with Crippen molar-refractivity contribution in [3.63, 3.8) is 0 Å². The number of carbonyl (C=O) groups is 3. The Kier molecular flexibility index (Phi) is 7.67. The van der Waals surface area contributed by atoms with E-state index in [2.05, 4.69) is 10.6 Å². The standard InChI is InChI=1S/C16H21FN2O5/c1-4-18-16(22)10(2)19-14(20)9-24-15(21)8-11-5-6-13(23-3)12(17)7-11/h5-7,10H,4,8-9H2,1-3H3,(H,18,22)(H,19,20)/t10-/m0/s1. The first-order chi connectivity index (χ1) is 11.4. The fourth-order valence-corrected chi connectivity index (χ4v) is 1.86. The molecule has 7 nitrogen and oxygen atoms in total. The van der Waals surface area contributed by atoms with E-state index in [4.69, 9.17) is 9.47 Å². The van der Waals surface area contributed by atoms with Crippen molar-refractivity contribution in [1.29, 1.82) is 0 Å². The summed E-state index contributed by atoms with van der Waals surface area (Å²) in [5, 5.41) is 4.96. The molecule has 0 aliphatic carbocycles. The zero-order chi connectivity index (χ0) is 18.1. The predicted molar refractivity (Wildman–Crippen MR) is 83.9 cm³/mol. The molecule has 0 saturated carbocycles. The number of hydrogen-bond donors (Lipinski definition) is 2. The van der Waals surface area contributed by atoms with Crippen LogP contribution in [0.15, 0.2) is 18.2 Å². The topological polar surface area (TPSA) is 93.7 Å². The summed E-state index contributed by atoms with van der Waals surface area (Å²) in [4.78, 5) is 34.7. The molecule has 1 aromatic carbocycles. The zero-order valence-corrected chi connectivity index (χ0v) is 13.8. The molecule has 0 aliphatic rings. The highest BCUT2D eigenvalue weighted by molar-refractivity contribution is 5.88. The third-order valence-electron chi connectivity index (χ3n) is 3.05. The van der Waals surface area contributed by atoms with Crippen molar-refractivity contribution in [1.82, 2.24) is 10.6 Å². The molecule has 0 saturated heterocycles. The maximum absolute atomic E-state index is 13.5. The normalized spacial score (nSPS) is 11.3. The second-order valence-electron chi connectivity index (χ2n) is 4.99. The Hall–Kier alpha value is -2.64. The molecule has 2 N–H and O–H groups in total. The van der Waals surface area contributed by atoms with Crippen LogP contribution in [0.4, 0.5) is 4.39 Å². The van der Waals surface area contributed by atoms with Gasteiger partial charge in [0, 0.05) is 6.54 Å². The zero-order valence-electron chi connectivity index (χ0n) is 13.8. The molecule has 0 fully saturated rings. The van der Waals surface area contributed by atoms with Crippen molar-refractivity contribution in [2.24, 2.45) is 0 Å². The van der Waals surface area contributed by atoms with Gasteiger partial charge in [-0.05, 0) is 31.5 Å². The van der Waals surface area contributed by atoms with Crippen LogP contribution in [0.1, 0.15) is 19.4 Å². The van der Waals surface area contributed by atoms with Gasteiger partial charge in [0.15, 0.2) is 18.2 Å². The van der Waals surface area contributed by atoms with Crippen LogP contribution in [0.25, 0.3) is 0 Å². The molecule has 2 amide bonds. The minimum Gasteiger partial charge on any atom is -0.494 e. The lowest BCUT2D eigenvalue weighted by atomic mass is 10.1. The van der Waals surface area contributed by atoms with Crippen LogP contribution in [-0.2, 0) is 25.5 Å². The van der Waals surface area contributed by atoms with Crippen LogP contribution in [0.3, 0.4) is 0 Å². The molecule has 132 valence electrons. The highest BCUT2D eigenvalue weighted by Gasteiger charge is 2.16. The maximum Gasteiger partial charge on any atom is 0.310 e. The van der Waals surface area contributed by atoms with E-state index in [-0.39, 0.29) is 18.1 Å². The molecule has 1 rings (SSSR count). The van der Waals surface area contributed by atoms with Crippen molar-refractivity contribution in [2.45, 2.75) is 26.3 Å². The average molecular weight is 340 g/mol. The minimum absolute atomic E-state index is 0.0749. The van der Waals surface area contributed by atoms with Crippen LogP contribution in [0, 0.1) is 5.82 Å². The molecule has 0 unspecified atom stereocenters. The number of likely N-dealkylation sites (N-methyl/N-ethyl adjacent to an activating group) is 1. The predicted octanol–water partition coefficient (Wildman–Crippen LogP) is 0.561. The summed E-state index contributed by atoms with van der Waals surface area (Å²) >= 11 is 0. The largest absolute Gasteiger partial charge is 0.494 e. The molecule has 1 atom stereocenters. The minimum atomic E-state index is -0.730. The highest BCUT2D eigenvalue weighted by Crippen LogP contribution is 2.18. The molecule has 0 aromatic heterocycles. The summed E-state index contributed by atoms with van der Waals surface area (Å²) in [5.74, 6) is -2.11. The van der Waals surface area contributed by atoms with E-state index in [0.717, 1.165) is 6.07 Å². The first kappa shape index (κ1) is 19.4. The van der Waals surface area contributed by atoms with Crippen molar-refractivity contribution in [2.75, 3.05) is 20.3 Å². The number of rotatable bonds is 8. The quantitative estimate of drug-likeness (QED) is 0.675. The summed E-state index contributed by atoms with van der Waals surface area (Å²) in [6.45, 7) is 3.22. The number of hydrogen-bond acceptors (Lipinski definition) is 5. The first-order valence-electron chi connectivity index (χ1n) is 7.42. The Morgan fingerprint density at radius 2 is 2.00 bits per heavy atom. The Bertz CT molecular complexity index is 606. The molecule has 8 heteroatoms. The van der Waals surface area contributed by atoms with Crippen LogP contribution in [-0.4, -0.2) is 44.1 Å². The second-order valence-corrected chi connectivity index (χ2v) is 4.99. The number of ether oxygens (including phenoxy) is 2. The van der Waals surface area contributed by atoms with Gasteiger partial charge in [0.25, 0.3) is 5.91 Å². The van der Waals surface area contributed by atoms with E-state index in [1.54, 1.807) is 6.92 Å². The van der Waals surface area contributed by atoms with E-state index in [1.165, 1.54) is 26.2 Å². The molecule has 0 heterocycles. The smallest absolute Gasteiger partial charge is 0.310 e. The van der Waals surface area contributed by atoms with Gasteiger partial charge in [0.2, 0.25) is 5.91 Å². The summed E-state index contributed by atoms with van der Waals surface area (Å²) in [6.07, 6.45) is -0.180. The summed E-state index contributed by atoms with van der Waals surface area (Å²) in [7, 11) is 1.34. The second kappa shape index (κ2) is 9.49. The number of methoxy groups -OCH3 is 1. The van der Waals surface area contributed by atoms with E-state index >= 15 is 0 Å². The van der Waals surface area contributed by atoms with Crippen LogP contribution in [0.2, 0.25) is 0 Å². The molecule has 1 aromatic rings. The van der Waals surface area contributed by atoms with Gasteiger partial charge >= 0.3 is 5.97 Å². The molecule has 24 heavy (non-hydrogen) atoms. The molecule has 0 spiro atoms. The van der Waals surface area contributed by atoms with Gasteiger partial charge in [-0.25, -0.2) is 4.39 Å². The summed E-state index contributed by atoms with van der Waals surface area (Å²) in [6, 6.07) is 3.36. The maximum atomic E-state index is 13.5. The number of carbonyl (C=O) groups excluding carboxylic acids is 3. The lowest BCUT2D eigenvalue weighted by molar-refractivity contribution is -0.148. The van der Waals surface area contributed by atoms with E-state index < -0.39 is 30.3 Å². The van der Waals surface area contributed by atoms with Crippen molar-refractivity contribution >= 4 is 17.8 Å². The van der Waals surface area contributed by atoms with Gasteiger partial charge in [-0.1, -0.05) is 6.07 Å². The molecular weight excluding hydrogens is 319 g/mol. The SMILES string of the molecule is CCNC(=O)[C@H](C)NC(=O)COC(=O)Cc1ccc(OC)c(F)c1. The number of benzene rings is 1. The fraction of sp³-hybridized carbons (Fsp3) is 0.438. The van der Waals surface area contributed by atoms with Gasteiger partial charge in [-0.3, -0.25) is 14.4 Å². The van der Waals surface area contributed by atoms with Crippen LogP contribution in [0.5, 0.6) is 5.75 Å². The molecule has 0 bridgehead atoms. The van der Waals surface area contributed by atoms with Crippen molar-refractivity contribution < 1.29 is 28.2 Å². The molecule has 0 radical (unpaired) electrons. The van der Waals surface area contributed by atoms with Gasteiger partial charge < -0.3 is 20.1 Å². The number of nitrogens with one attached hydrogen (secondary N) is 2. The third-order valence-corrected chi connectivity index (χ3v) is 3.05. The summed E-state index contributed by atoms with van der Waals surface area (Å²) in [5.41, 5.74) is 0.398. The number of esters is 1. The van der Waals surface area contributed by atoms with Gasteiger partial charge in [0.1, 0.15) is 6.04 Å². The number of halogens is 1. The van der Waals surface area contributed by atoms with Crippen molar-refractivity contribution in [3.05, 3.63) is 29.6 Å². The van der Waals surface area contributed by atoms with E-state index in [0.29, 0.717) is 12.1 Å². The Morgan fingerprint density at radius 3 is 2.58 bits per heavy atom. The Balaban J connectivity index is 2.41. The molecular formula is C16H21FN2O5. The van der Waals surface area contributed by atoms with E-state index in [1.807, 2.05) is 0 Å². The highest BCUT2D eigenvalue weighted by atomic mass is 19.1. The third kappa shape index (κ3) is 6.23. The Labute approximate surface area is 139 Å². The van der Waals surface area contributed by atoms with Gasteiger partial charge in [0.05, 0.1) is 13.5 Å². The average Bonchev–Trinajstić information content (AvgIpc) is 2.53. The Morgan fingerprint density at radius 1 is 1.29 bits per heavy atom. The number of amides is 2. The monoisotopic (exact) mass is 340 g/mol. The fourth-order valence-electron chi connectivity index (χ4n) is 1.86. The van der Waals surface area contributed by atoms with Crippen LogP contribution >= 0.6 is 0 Å². The van der Waals surface area contributed by atoms with Crippen LogP contribution < -0.4 is 15.4 Å². The lowest BCUT2D eigenvalue weighted by Gasteiger charge is -2.13. The lowest BCUT2D eigenvalue weighted by Crippen LogP contribution is -2.46. The summed E-state index contributed by atoms with van der Waals surface area (Å²) < 4.78 is 23.1. The first-order valence-corrected chi connectivity index (χ1v) is 7.42. The van der Waals surface area contributed by atoms with Gasteiger partial charge in [-0.15, -0.1) is 0 Å². The van der Waals surface area contributed by atoms with Crippen molar-refractivity contribution in [3.8, 4) is 5.75 Å². The van der Waals surface area contributed by atoms with E-state index in [9.17, 15) is 18.8 Å².